The molecule has 3 amide bonds. The van der Waals surface area contributed by atoms with E-state index in [1.807, 2.05) is 0 Å². The first-order valence-corrected chi connectivity index (χ1v) is 18.3. The first-order chi connectivity index (χ1) is 23.4. The lowest BCUT2D eigenvalue weighted by atomic mass is 10.0. The second kappa shape index (κ2) is 31.6. The number of hydrogen-bond acceptors (Lipinski definition) is 9. The second-order valence-electron chi connectivity index (χ2n) is 12.4. The van der Waals surface area contributed by atoms with E-state index in [0.717, 1.165) is 38.5 Å². The molecule has 1 atom stereocenters. The molecule has 0 bridgehead atoms. The number of carboxylic acid groups (broad SMARTS) is 1. The van der Waals surface area contributed by atoms with Crippen LogP contribution in [0.2, 0.25) is 0 Å². The van der Waals surface area contributed by atoms with Crippen LogP contribution in [-0.4, -0.2) is 107 Å². The molecule has 48 heavy (non-hydrogen) atoms. The Morgan fingerprint density at radius 1 is 0.500 bits per heavy atom. The molecule has 0 saturated carbocycles. The van der Waals surface area contributed by atoms with Crippen molar-refractivity contribution in [1.82, 2.24) is 16.0 Å². The largest absolute Gasteiger partial charge is 0.480 e. The summed E-state index contributed by atoms with van der Waals surface area (Å²) < 4.78 is 21.5. The van der Waals surface area contributed by atoms with Crippen LogP contribution in [0.1, 0.15) is 122 Å². The first-order valence-electron chi connectivity index (χ1n) is 18.3. The number of carbonyl (C=O) groups excluding carboxylic acids is 4. The monoisotopic (exact) mass is 685 g/mol. The van der Waals surface area contributed by atoms with E-state index in [1.54, 1.807) is 0 Å². The van der Waals surface area contributed by atoms with Crippen molar-refractivity contribution in [2.45, 2.75) is 128 Å². The zero-order valence-corrected chi connectivity index (χ0v) is 29.2. The predicted octanol–water partition coefficient (Wildman–Crippen LogP) is 3.85. The summed E-state index contributed by atoms with van der Waals surface area (Å²) in [6, 6.07) is -1.10. The average Bonchev–Trinajstić information content (AvgIpc) is 3.06. The van der Waals surface area contributed by atoms with Gasteiger partial charge in [-0.1, -0.05) is 83.5 Å². The first kappa shape index (κ1) is 43.4. The molecule has 1 heterocycles. The van der Waals surface area contributed by atoms with Crippen molar-refractivity contribution in [2.75, 3.05) is 65.9 Å². The molecule has 1 rings (SSSR count). The van der Waals surface area contributed by atoms with Crippen molar-refractivity contribution in [2.24, 2.45) is 0 Å². The maximum absolute atomic E-state index is 12.3. The van der Waals surface area contributed by atoms with E-state index in [4.69, 9.17) is 18.9 Å². The maximum Gasteiger partial charge on any atom is 0.326 e. The van der Waals surface area contributed by atoms with Crippen LogP contribution < -0.4 is 16.0 Å². The van der Waals surface area contributed by atoms with Crippen molar-refractivity contribution in [1.29, 1.82) is 0 Å². The number of carboxylic acids is 1. The van der Waals surface area contributed by atoms with Crippen molar-refractivity contribution >= 4 is 29.5 Å². The van der Waals surface area contributed by atoms with Gasteiger partial charge in [0.05, 0.1) is 39.6 Å². The Bertz CT molecular complexity index is 874. The summed E-state index contributed by atoms with van der Waals surface area (Å²) in [7, 11) is 0. The topological polar surface area (TPSA) is 179 Å². The van der Waals surface area contributed by atoms with Crippen LogP contribution in [0.15, 0.2) is 0 Å². The van der Waals surface area contributed by atoms with E-state index in [0.29, 0.717) is 32.8 Å². The van der Waals surface area contributed by atoms with Gasteiger partial charge in [-0.15, -0.1) is 0 Å². The van der Waals surface area contributed by atoms with Crippen LogP contribution in [0.5, 0.6) is 0 Å². The fraction of sp³-hybridized carbons (Fsp3) is 0.857. The highest BCUT2D eigenvalue weighted by atomic mass is 16.5. The SMILES string of the molecule is O=C1CCCCCCCCCCCCCCCCCC(=O)N[C@H](C(=O)O)CCC(=O)NCCOCCOCC(=O)NCCOCCOC1. The number of rotatable bonds is 1. The normalized spacial score (nSPS) is 23.4. The van der Waals surface area contributed by atoms with E-state index in [1.165, 1.54) is 57.8 Å². The maximum atomic E-state index is 12.3. The number of carbonyl (C=O) groups is 5. The van der Waals surface area contributed by atoms with Gasteiger partial charge < -0.3 is 40.0 Å². The molecule has 13 heteroatoms. The number of aliphatic carboxylic acids is 1. The Labute approximate surface area is 287 Å². The molecule has 0 aromatic carbocycles. The number of amides is 3. The Hall–Kier alpha value is -2.61. The summed E-state index contributed by atoms with van der Waals surface area (Å²) in [5.74, 6) is -1.94. The number of Topliss-reactive ketones (excluding diaryl/α,β-unsaturated/α-hetero) is 1. The van der Waals surface area contributed by atoms with Crippen molar-refractivity contribution in [3.63, 3.8) is 0 Å². The van der Waals surface area contributed by atoms with Gasteiger partial charge in [0.25, 0.3) is 0 Å². The third kappa shape index (κ3) is 28.4. The lowest BCUT2D eigenvalue weighted by Gasteiger charge is -2.14. The minimum atomic E-state index is -1.16. The Kier molecular flexibility index (Phi) is 28.6. The van der Waals surface area contributed by atoms with E-state index < -0.39 is 12.0 Å². The summed E-state index contributed by atoms with van der Waals surface area (Å²) in [4.78, 5) is 59.8. The lowest BCUT2D eigenvalue weighted by molar-refractivity contribution is -0.142. The minimum Gasteiger partial charge on any atom is -0.480 e. The molecule has 0 aliphatic carbocycles. The summed E-state index contributed by atoms with van der Waals surface area (Å²) in [5.41, 5.74) is 0. The highest BCUT2D eigenvalue weighted by molar-refractivity contribution is 5.84. The van der Waals surface area contributed by atoms with Crippen LogP contribution in [0.3, 0.4) is 0 Å². The van der Waals surface area contributed by atoms with Crippen molar-refractivity contribution in [3.8, 4) is 0 Å². The van der Waals surface area contributed by atoms with E-state index in [9.17, 15) is 29.1 Å². The summed E-state index contributed by atoms with van der Waals surface area (Å²) >= 11 is 0. The Balaban J connectivity index is 2.31. The number of nitrogens with one attached hydrogen (secondary N) is 3. The summed E-state index contributed by atoms with van der Waals surface area (Å²) in [5, 5.41) is 17.4. The van der Waals surface area contributed by atoms with Gasteiger partial charge in [0.1, 0.15) is 19.3 Å². The van der Waals surface area contributed by atoms with Crippen LogP contribution in [-0.2, 0) is 42.9 Å². The summed E-state index contributed by atoms with van der Waals surface area (Å²) in [6.45, 7) is 2.24. The van der Waals surface area contributed by atoms with Crippen LogP contribution in [0.4, 0.5) is 0 Å². The van der Waals surface area contributed by atoms with Gasteiger partial charge in [-0.3, -0.25) is 19.2 Å². The molecule has 0 unspecified atom stereocenters. The van der Waals surface area contributed by atoms with Crippen LogP contribution in [0.25, 0.3) is 0 Å². The summed E-state index contributed by atoms with van der Waals surface area (Å²) in [6.07, 6.45) is 17.8. The number of ketones is 1. The zero-order chi connectivity index (χ0) is 34.9. The molecule has 0 spiro atoms. The highest BCUT2D eigenvalue weighted by Crippen LogP contribution is 2.14. The van der Waals surface area contributed by atoms with Gasteiger partial charge in [0, 0.05) is 32.4 Å². The van der Waals surface area contributed by atoms with E-state index >= 15 is 0 Å². The molecular formula is C35H63N3O10. The Morgan fingerprint density at radius 3 is 1.46 bits per heavy atom. The van der Waals surface area contributed by atoms with Gasteiger partial charge in [-0.2, -0.15) is 0 Å². The highest BCUT2D eigenvalue weighted by Gasteiger charge is 2.20. The second-order valence-corrected chi connectivity index (χ2v) is 12.4. The molecule has 1 saturated heterocycles. The van der Waals surface area contributed by atoms with Gasteiger partial charge in [-0.25, -0.2) is 4.79 Å². The quantitative estimate of drug-likeness (QED) is 0.317. The molecule has 1 fully saturated rings. The molecule has 13 nitrogen and oxygen atoms in total. The standard InChI is InChI=1S/C35H63N3O10/c39-30-16-14-12-10-8-6-4-2-1-3-5-7-9-11-13-15-17-33(41)38-31(35(43)44)18-19-32(40)36-20-22-45-25-27-48-29-34(42)37-21-23-46-24-26-47-28-30/h31H,1-29H2,(H,36,40)(H,37,42)(H,38,41)(H,43,44)/t31-/m0/s1. The molecule has 1 aliphatic heterocycles. The van der Waals surface area contributed by atoms with Gasteiger partial charge in [-0.05, 0) is 19.3 Å². The number of ether oxygens (including phenoxy) is 4. The number of hydrogen-bond donors (Lipinski definition) is 4. The van der Waals surface area contributed by atoms with Crippen LogP contribution >= 0.6 is 0 Å². The smallest absolute Gasteiger partial charge is 0.326 e. The molecule has 0 aromatic heterocycles. The van der Waals surface area contributed by atoms with Crippen LogP contribution in [0, 0.1) is 0 Å². The Morgan fingerprint density at radius 2 is 0.938 bits per heavy atom. The molecule has 0 radical (unpaired) electrons. The molecule has 0 aromatic rings. The van der Waals surface area contributed by atoms with E-state index in [2.05, 4.69) is 16.0 Å². The van der Waals surface area contributed by atoms with Gasteiger partial charge in [0.2, 0.25) is 17.7 Å². The zero-order valence-electron chi connectivity index (χ0n) is 29.2. The van der Waals surface area contributed by atoms with Gasteiger partial charge >= 0.3 is 5.97 Å². The molecule has 4 N–H and O–H groups in total. The van der Waals surface area contributed by atoms with Crippen molar-refractivity contribution in [3.05, 3.63) is 0 Å². The molecule has 278 valence electrons. The minimum absolute atomic E-state index is 0.00632. The van der Waals surface area contributed by atoms with E-state index in [-0.39, 0.29) is 82.3 Å². The predicted molar refractivity (Wildman–Crippen MR) is 182 cm³/mol. The molecular weight excluding hydrogens is 622 g/mol. The third-order valence-corrected chi connectivity index (χ3v) is 8.03. The fourth-order valence-corrected chi connectivity index (χ4v) is 5.23. The van der Waals surface area contributed by atoms with Gasteiger partial charge in [0.15, 0.2) is 5.78 Å². The van der Waals surface area contributed by atoms with Crippen molar-refractivity contribution < 1.29 is 48.0 Å². The average molecular weight is 686 g/mol. The fourth-order valence-electron chi connectivity index (χ4n) is 5.23. The third-order valence-electron chi connectivity index (χ3n) is 8.03. The molecule has 1 aliphatic rings. The lowest BCUT2D eigenvalue weighted by Crippen LogP contribution is -2.41.